The molecule has 0 bridgehead atoms. The SMILES string of the molecule is CC(NC(=O)C1CNNC1c1ccccc1)c1ccc(F)c(Cl)c1. The van der Waals surface area contributed by atoms with E-state index in [1.54, 1.807) is 12.1 Å². The molecule has 1 aliphatic rings. The second-order valence-electron chi connectivity index (χ2n) is 5.92. The molecule has 0 saturated carbocycles. The van der Waals surface area contributed by atoms with Crippen LogP contribution < -0.4 is 16.2 Å². The van der Waals surface area contributed by atoms with Gasteiger partial charge in [-0.2, -0.15) is 0 Å². The Kier molecular flexibility index (Phi) is 5.14. The maximum atomic E-state index is 13.3. The number of hydrazine groups is 1. The van der Waals surface area contributed by atoms with Crippen molar-refractivity contribution in [3.05, 3.63) is 70.5 Å². The van der Waals surface area contributed by atoms with Gasteiger partial charge in [-0.25, -0.2) is 9.82 Å². The van der Waals surface area contributed by atoms with E-state index in [1.807, 2.05) is 37.3 Å². The van der Waals surface area contributed by atoms with Gasteiger partial charge in [0.05, 0.1) is 23.0 Å². The van der Waals surface area contributed by atoms with Crippen LogP contribution in [0, 0.1) is 11.7 Å². The Morgan fingerprint density at radius 3 is 2.75 bits per heavy atom. The second-order valence-corrected chi connectivity index (χ2v) is 6.33. The lowest BCUT2D eigenvalue weighted by molar-refractivity contribution is -0.125. The van der Waals surface area contributed by atoms with Crippen LogP contribution in [0.5, 0.6) is 0 Å². The number of benzene rings is 2. The van der Waals surface area contributed by atoms with E-state index in [0.29, 0.717) is 6.54 Å². The standard InChI is InChI=1S/C18H19ClFN3O/c1-11(13-7-8-16(20)15(19)9-13)22-18(24)14-10-21-23-17(14)12-5-3-2-4-6-12/h2-9,11,14,17,21,23H,10H2,1H3,(H,22,24). The van der Waals surface area contributed by atoms with Gasteiger partial charge in [-0.15, -0.1) is 0 Å². The summed E-state index contributed by atoms with van der Waals surface area (Å²) in [4.78, 5) is 12.7. The Labute approximate surface area is 145 Å². The molecule has 1 amide bonds. The first kappa shape index (κ1) is 16.9. The molecule has 6 heteroatoms. The van der Waals surface area contributed by atoms with Crippen molar-refractivity contribution in [2.45, 2.75) is 19.0 Å². The zero-order valence-electron chi connectivity index (χ0n) is 13.2. The van der Waals surface area contributed by atoms with Crippen molar-refractivity contribution in [1.29, 1.82) is 0 Å². The lowest BCUT2D eigenvalue weighted by Gasteiger charge is -2.21. The predicted octanol–water partition coefficient (Wildman–Crippen LogP) is 3.12. The Bertz CT molecular complexity index is 725. The minimum absolute atomic E-state index is 0.0555. The molecule has 1 heterocycles. The van der Waals surface area contributed by atoms with Crippen LogP contribution in [0.2, 0.25) is 5.02 Å². The minimum atomic E-state index is -0.465. The van der Waals surface area contributed by atoms with E-state index in [0.717, 1.165) is 11.1 Å². The van der Waals surface area contributed by atoms with Crippen molar-refractivity contribution in [1.82, 2.24) is 16.2 Å². The molecule has 4 nitrogen and oxygen atoms in total. The molecule has 0 radical (unpaired) electrons. The van der Waals surface area contributed by atoms with Gasteiger partial charge in [0, 0.05) is 6.54 Å². The van der Waals surface area contributed by atoms with Crippen molar-refractivity contribution in [3.8, 4) is 0 Å². The molecule has 3 atom stereocenters. The number of hydrogen-bond donors (Lipinski definition) is 3. The van der Waals surface area contributed by atoms with E-state index in [9.17, 15) is 9.18 Å². The molecule has 3 unspecified atom stereocenters. The summed E-state index contributed by atoms with van der Waals surface area (Å²) in [5.74, 6) is -0.757. The monoisotopic (exact) mass is 347 g/mol. The number of halogens is 2. The fourth-order valence-corrected chi connectivity index (χ4v) is 3.09. The van der Waals surface area contributed by atoms with Crippen molar-refractivity contribution >= 4 is 17.5 Å². The number of hydrogen-bond acceptors (Lipinski definition) is 3. The van der Waals surface area contributed by atoms with E-state index >= 15 is 0 Å². The third-order valence-corrected chi connectivity index (χ3v) is 4.57. The van der Waals surface area contributed by atoms with Crippen LogP contribution in [0.15, 0.2) is 48.5 Å². The number of rotatable bonds is 4. The van der Waals surface area contributed by atoms with Gasteiger partial charge >= 0.3 is 0 Å². The fourth-order valence-electron chi connectivity index (χ4n) is 2.90. The average molecular weight is 348 g/mol. The predicted molar refractivity (Wildman–Crippen MR) is 91.8 cm³/mol. The van der Waals surface area contributed by atoms with E-state index in [4.69, 9.17) is 11.6 Å². The van der Waals surface area contributed by atoms with Crippen molar-refractivity contribution in [2.75, 3.05) is 6.54 Å². The zero-order chi connectivity index (χ0) is 17.1. The van der Waals surface area contributed by atoms with Crippen LogP contribution in [0.1, 0.15) is 30.1 Å². The molecule has 2 aromatic rings. The molecular weight excluding hydrogens is 329 g/mol. The summed E-state index contributed by atoms with van der Waals surface area (Å²) < 4.78 is 13.3. The van der Waals surface area contributed by atoms with Gasteiger partial charge in [0.1, 0.15) is 5.82 Å². The molecule has 2 aromatic carbocycles. The molecule has 126 valence electrons. The average Bonchev–Trinajstić information content (AvgIpc) is 3.08. The first-order valence-corrected chi connectivity index (χ1v) is 8.22. The van der Waals surface area contributed by atoms with E-state index < -0.39 is 5.82 Å². The number of carbonyl (C=O) groups excluding carboxylic acids is 1. The van der Waals surface area contributed by atoms with E-state index in [2.05, 4.69) is 16.2 Å². The van der Waals surface area contributed by atoms with Crippen LogP contribution in [-0.4, -0.2) is 12.5 Å². The molecule has 1 saturated heterocycles. The Balaban J connectivity index is 1.70. The number of amides is 1. The molecule has 0 spiro atoms. The highest BCUT2D eigenvalue weighted by atomic mass is 35.5. The second kappa shape index (κ2) is 7.30. The summed E-state index contributed by atoms with van der Waals surface area (Å²) in [5.41, 5.74) is 8.03. The molecular formula is C18H19ClFN3O. The van der Waals surface area contributed by atoms with Crippen molar-refractivity contribution < 1.29 is 9.18 Å². The van der Waals surface area contributed by atoms with Crippen LogP contribution in [0.4, 0.5) is 4.39 Å². The first-order chi connectivity index (χ1) is 11.6. The maximum Gasteiger partial charge on any atom is 0.226 e. The molecule has 3 rings (SSSR count). The normalized spacial score (nSPS) is 21.5. The summed E-state index contributed by atoms with van der Waals surface area (Å²) in [7, 11) is 0. The maximum absolute atomic E-state index is 13.3. The summed E-state index contributed by atoms with van der Waals surface area (Å²) in [6.07, 6.45) is 0. The lowest BCUT2D eigenvalue weighted by Crippen LogP contribution is -2.36. The highest BCUT2D eigenvalue weighted by Gasteiger charge is 2.34. The third-order valence-electron chi connectivity index (χ3n) is 4.28. The van der Waals surface area contributed by atoms with Crippen LogP contribution in [-0.2, 0) is 4.79 Å². The van der Waals surface area contributed by atoms with Crippen molar-refractivity contribution in [3.63, 3.8) is 0 Å². The lowest BCUT2D eigenvalue weighted by atomic mass is 9.93. The smallest absolute Gasteiger partial charge is 0.226 e. The quantitative estimate of drug-likeness (QED) is 0.796. The van der Waals surface area contributed by atoms with Gasteiger partial charge in [0.15, 0.2) is 0 Å². The largest absolute Gasteiger partial charge is 0.349 e. The summed E-state index contributed by atoms with van der Waals surface area (Å²) in [5, 5.41) is 3.04. The highest BCUT2D eigenvalue weighted by molar-refractivity contribution is 6.30. The van der Waals surface area contributed by atoms with Crippen LogP contribution in [0.3, 0.4) is 0 Å². The van der Waals surface area contributed by atoms with Gasteiger partial charge in [-0.3, -0.25) is 10.2 Å². The molecule has 0 aromatic heterocycles. The molecule has 3 N–H and O–H groups in total. The van der Waals surface area contributed by atoms with Crippen LogP contribution >= 0.6 is 11.6 Å². The molecule has 1 fully saturated rings. The first-order valence-electron chi connectivity index (χ1n) is 7.85. The third kappa shape index (κ3) is 3.59. The van der Waals surface area contributed by atoms with Gasteiger partial charge < -0.3 is 5.32 Å². The Morgan fingerprint density at radius 1 is 1.29 bits per heavy atom. The minimum Gasteiger partial charge on any atom is -0.349 e. The van der Waals surface area contributed by atoms with Crippen LogP contribution in [0.25, 0.3) is 0 Å². The molecule has 24 heavy (non-hydrogen) atoms. The highest BCUT2D eigenvalue weighted by Crippen LogP contribution is 2.26. The molecule has 1 aliphatic heterocycles. The Morgan fingerprint density at radius 2 is 2.04 bits per heavy atom. The van der Waals surface area contributed by atoms with Crippen molar-refractivity contribution in [2.24, 2.45) is 5.92 Å². The van der Waals surface area contributed by atoms with Gasteiger partial charge in [-0.05, 0) is 30.2 Å². The number of carbonyl (C=O) groups is 1. The summed E-state index contributed by atoms with van der Waals surface area (Å²) in [6, 6.07) is 14.0. The molecule has 0 aliphatic carbocycles. The zero-order valence-corrected chi connectivity index (χ0v) is 14.0. The topological polar surface area (TPSA) is 53.2 Å². The number of nitrogens with one attached hydrogen (secondary N) is 3. The van der Waals surface area contributed by atoms with E-state index in [1.165, 1.54) is 6.07 Å². The van der Waals surface area contributed by atoms with Gasteiger partial charge in [0.25, 0.3) is 0 Å². The van der Waals surface area contributed by atoms with Gasteiger partial charge in [0.2, 0.25) is 5.91 Å². The Hall–Kier alpha value is -1.95. The van der Waals surface area contributed by atoms with E-state index in [-0.39, 0.29) is 28.9 Å². The van der Waals surface area contributed by atoms with Gasteiger partial charge in [-0.1, -0.05) is 48.0 Å². The summed E-state index contributed by atoms with van der Waals surface area (Å²) >= 11 is 5.82. The summed E-state index contributed by atoms with van der Waals surface area (Å²) in [6.45, 7) is 2.40. The fraction of sp³-hybridized carbons (Fsp3) is 0.278.